The first-order valence-corrected chi connectivity index (χ1v) is 10.5. The molecule has 1 aliphatic rings. The highest BCUT2D eigenvalue weighted by Gasteiger charge is 2.33. The third-order valence-corrected chi connectivity index (χ3v) is 5.16. The highest BCUT2D eigenvalue weighted by Crippen LogP contribution is 2.32. The number of amides is 1. The molecule has 13 heteroatoms. The summed E-state index contributed by atoms with van der Waals surface area (Å²) in [5, 5.41) is 0. The number of hydrogen-bond donors (Lipinski definition) is 2. The maximum atomic E-state index is 13.8. The number of ether oxygens (including phenoxy) is 1. The molecule has 2 aromatic carbocycles. The summed E-state index contributed by atoms with van der Waals surface area (Å²) >= 11 is 0. The Morgan fingerprint density at radius 1 is 1.03 bits per heavy atom. The van der Waals surface area contributed by atoms with Crippen LogP contribution in [0.15, 0.2) is 36.4 Å². The van der Waals surface area contributed by atoms with Crippen molar-refractivity contribution in [2.24, 2.45) is 0 Å². The molecule has 0 saturated carbocycles. The minimum atomic E-state index is -5.09. The van der Waals surface area contributed by atoms with E-state index in [2.05, 4.69) is 4.74 Å². The first kappa shape index (κ1) is 23.7. The smallest absolute Gasteiger partial charge is 0.404 e. The molecule has 1 amide bonds. The van der Waals surface area contributed by atoms with Crippen LogP contribution in [-0.2, 0) is 17.4 Å². The largest absolute Gasteiger partial charge is 0.573 e. The SMILES string of the molecule is O=C(c1ccc(N[SH](=O)=O)c(OC(F)(F)F)c1)N1CCN(Cc2ccc(F)cc2F)CC1. The van der Waals surface area contributed by atoms with Gasteiger partial charge in [-0.2, -0.15) is 0 Å². The number of hydrogen-bond acceptors (Lipinski definition) is 5. The summed E-state index contributed by atoms with van der Waals surface area (Å²) in [5.41, 5.74) is -0.269. The normalized spacial score (nSPS) is 15.1. The lowest BCUT2D eigenvalue weighted by Gasteiger charge is -2.35. The van der Waals surface area contributed by atoms with Gasteiger partial charge in [0.05, 0.1) is 5.69 Å². The van der Waals surface area contributed by atoms with E-state index in [9.17, 15) is 35.2 Å². The molecule has 32 heavy (non-hydrogen) atoms. The quantitative estimate of drug-likeness (QED) is 0.492. The van der Waals surface area contributed by atoms with E-state index in [0.29, 0.717) is 18.7 Å². The number of carbonyl (C=O) groups is 1. The topological polar surface area (TPSA) is 78.9 Å². The van der Waals surface area contributed by atoms with Gasteiger partial charge in [-0.3, -0.25) is 14.4 Å². The Bertz CT molecular complexity index is 1060. The molecule has 0 bridgehead atoms. The van der Waals surface area contributed by atoms with Gasteiger partial charge in [0.15, 0.2) is 5.75 Å². The third kappa shape index (κ3) is 6.29. The molecule has 174 valence electrons. The predicted octanol–water partition coefficient (Wildman–Crippen LogP) is 2.76. The standard InChI is InChI=1S/C19H18F5N3O4S/c20-14-3-1-13(15(21)10-14)11-26-5-7-27(8-6-26)18(28)12-2-4-16(25-32(29)30)17(9-12)31-19(22,23)24/h1-4,9-10,32H,5-8,11H2,(H,25,29,30). The van der Waals surface area contributed by atoms with E-state index >= 15 is 0 Å². The number of halogens is 5. The van der Waals surface area contributed by atoms with Crippen LogP contribution in [0.2, 0.25) is 0 Å². The number of benzene rings is 2. The second kappa shape index (κ2) is 9.69. The van der Waals surface area contributed by atoms with Gasteiger partial charge in [0, 0.05) is 49.9 Å². The first-order valence-electron chi connectivity index (χ1n) is 9.28. The molecule has 1 N–H and O–H groups in total. The van der Waals surface area contributed by atoms with Crippen LogP contribution in [-0.4, -0.2) is 56.7 Å². The summed E-state index contributed by atoms with van der Waals surface area (Å²) in [6.07, 6.45) is -5.09. The number of rotatable bonds is 6. The van der Waals surface area contributed by atoms with Crippen molar-refractivity contribution < 1.29 is 39.9 Å². The van der Waals surface area contributed by atoms with E-state index in [4.69, 9.17) is 0 Å². The monoisotopic (exact) mass is 479 g/mol. The maximum absolute atomic E-state index is 13.8. The lowest BCUT2D eigenvalue weighted by molar-refractivity contribution is -0.274. The Morgan fingerprint density at radius 3 is 2.31 bits per heavy atom. The fourth-order valence-electron chi connectivity index (χ4n) is 3.24. The van der Waals surface area contributed by atoms with Crippen molar-refractivity contribution >= 4 is 22.5 Å². The summed E-state index contributed by atoms with van der Waals surface area (Å²) < 4.78 is 92.2. The number of carbonyl (C=O) groups excluding carboxylic acids is 1. The third-order valence-electron chi connectivity index (χ3n) is 4.73. The second-order valence-electron chi connectivity index (χ2n) is 6.93. The Kier molecular flexibility index (Phi) is 7.19. The molecular formula is C19H18F5N3O4S. The Balaban J connectivity index is 1.68. The Morgan fingerprint density at radius 2 is 1.72 bits per heavy atom. The van der Waals surface area contributed by atoms with Crippen molar-refractivity contribution in [2.45, 2.75) is 12.9 Å². The zero-order valence-corrected chi connectivity index (χ0v) is 17.3. The molecule has 0 atom stereocenters. The summed E-state index contributed by atoms with van der Waals surface area (Å²) in [7, 11) is -3.25. The number of nitrogens with zero attached hydrogens (tertiary/aromatic N) is 2. The fraction of sp³-hybridized carbons (Fsp3) is 0.316. The van der Waals surface area contributed by atoms with Gasteiger partial charge in [0.2, 0.25) is 10.9 Å². The molecule has 1 aliphatic heterocycles. The zero-order valence-electron chi connectivity index (χ0n) is 16.4. The molecule has 1 heterocycles. The molecule has 1 saturated heterocycles. The molecular weight excluding hydrogens is 461 g/mol. The fourth-order valence-corrected chi connectivity index (χ4v) is 3.62. The minimum absolute atomic E-state index is 0.117. The lowest BCUT2D eigenvalue weighted by atomic mass is 10.1. The predicted molar refractivity (Wildman–Crippen MR) is 105 cm³/mol. The van der Waals surface area contributed by atoms with Crippen molar-refractivity contribution in [3.8, 4) is 5.75 Å². The Labute approximate surface area is 181 Å². The molecule has 0 aromatic heterocycles. The van der Waals surface area contributed by atoms with Crippen LogP contribution in [0.1, 0.15) is 15.9 Å². The van der Waals surface area contributed by atoms with Crippen LogP contribution < -0.4 is 9.46 Å². The van der Waals surface area contributed by atoms with E-state index in [1.54, 1.807) is 0 Å². The van der Waals surface area contributed by atoms with E-state index in [1.807, 2.05) is 9.62 Å². The molecule has 0 radical (unpaired) electrons. The van der Waals surface area contributed by atoms with E-state index < -0.39 is 46.2 Å². The summed E-state index contributed by atoms with van der Waals surface area (Å²) in [6.45, 7) is 1.40. The van der Waals surface area contributed by atoms with Gasteiger partial charge in [0.1, 0.15) is 11.6 Å². The van der Waals surface area contributed by atoms with Gasteiger partial charge < -0.3 is 9.64 Å². The van der Waals surface area contributed by atoms with Crippen LogP contribution in [0.4, 0.5) is 27.6 Å². The number of piperazine rings is 1. The highest BCUT2D eigenvalue weighted by molar-refractivity contribution is 7.73. The summed E-state index contributed by atoms with van der Waals surface area (Å²) in [6, 6.07) is 6.30. The van der Waals surface area contributed by atoms with Gasteiger partial charge in [-0.25, -0.2) is 17.2 Å². The van der Waals surface area contributed by atoms with Gasteiger partial charge >= 0.3 is 6.36 Å². The van der Waals surface area contributed by atoms with Crippen LogP contribution in [0.5, 0.6) is 5.75 Å². The van der Waals surface area contributed by atoms with Crippen molar-refractivity contribution in [1.82, 2.24) is 9.80 Å². The van der Waals surface area contributed by atoms with Gasteiger partial charge in [0.25, 0.3) is 5.91 Å². The van der Waals surface area contributed by atoms with E-state index in [0.717, 1.165) is 24.3 Å². The van der Waals surface area contributed by atoms with Gasteiger partial charge in [-0.05, 0) is 24.3 Å². The molecule has 2 aromatic rings. The average molecular weight is 479 g/mol. The molecule has 0 spiro atoms. The molecule has 1 fully saturated rings. The zero-order chi connectivity index (χ0) is 23.5. The van der Waals surface area contributed by atoms with E-state index in [1.165, 1.54) is 17.0 Å². The van der Waals surface area contributed by atoms with Crippen molar-refractivity contribution in [3.05, 3.63) is 59.2 Å². The molecule has 0 unspecified atom stereocenters. The van der Waals surface area contributed by atoms with Crippen LogP contribution in [0.25, 0.3) is 0 Å². The lowest BCUT2D eigenvalue weighted by Crippen LogP contribution is -2.48. The van der Waals surface area contributed by atoms with Crippen LogP contribution in [0.3, 0.4) is 0 Å². The second-order valence-corrected chi connectivity index (χ2v) is 7.67. The number of alkyl halides is 3. The highest BCUT2D eigenvalue weighted by atomic mass is 32.2. The van der Waals surface area contributed by atoms with Crippen molar-refractivity contribution in [3.63, 3.8) is 0 Å². The molecule has 0 aliphatic carbocycles. The van der Waals surface area contributed by atoms with E-state index in [-0.39, 0.29) is 25.2 Å². The van der Waals surface area contributed by atoms with Crippen molar-refractivity contribution in [1.29, 1.82) is 0 Å². The first-order chi connectivity index (χ1) is 15.0. The van der Waals surface area contributed by atoms with Crippen LogP contribution in [0, 0.1) is 11.6 Å². The van der Waals surface area contributed by atoms with Crippen molar-refractivity contribution in [2.75, 3.05) is 30.9 Å². The maximum Gasteiger partial charge on any atom is 0.573 e. The van der Waals surface area contributed by atoms with Crippen LogP contribution >= 0.6 is 0 Å². The summed E-state index contributed by atoms with van der Waals surface area (Å²) in [5.74, 6) is -2.77. The molecule has 3 rings (SSSR count). The number of thiol groups is 1. The minimum Gasteiger partial charge on any atom is -0.404 e. The average Bonchev–Trinajstić information content (AvgIpc) is 2.70. The van der Waals surface area contributed by atoms with Gasteiger partial charge in [-0.1, -0.05) is 6.07 Å². The number of nitrogens with one attached hydrogen (secondary N) is 1. The molecule has 7 nitrogen and oxygen atoms in total. The summed E-state index contributed by atoms with van der Waals surface area (Å²) in [4.78, 5) is 16.0. The van der Waals surface area contributed by atoms with Gasteiger partial charge in [-0.15, -0.1) is 13.2 Å². The Hall–Kier alpha value is -2.93. The number of anilines is 1.